The summed E-state index contributed by atoms with van der Waals surface area (Å²) in [6.07, 6.45) is 4.98. The van der Waals surface area contributed by atoms with Gasteiger partial charge in [0.2, 0.25) is 0 Å². The Kier molecular flexibility index (Phi) is 2.91. The lowest BCUT2D eigenvalue weighted by Crippen LogP contribution is -2.00. The summed E-state index contributed by atoms with van der Waals surface area (Å²) in [6.45, 7) is 0. The molecule has 0 aliphatic rings. The van der Waals surface area contributed by atoms with Gasteiger partial charge in [-0.3, -0.25) is 14.8 Å². The van der Waals surface area contributed by atoms with Gasteiger partial charge in [0, 0.05) is 24.2 Å². The van der Waals surface area contributed by atoms with E-state index in [1.165, 1.54) is 0 Å². The average Bonchev–Trinajstić information content (AvgIpc) is 2.30. The molecule has 2 aromatic rings. The van der Waals surface area contributed by atoms with E-state index in [0.717, 1.165) is 11.3 Å². The van der Waals surface area contributed by atoms with Gasteiger partial charge in [-0.25, -0.2) is 0 Å². The molecule has 2 rings (SSSR count). The fourth-order valence-electron chi connectivity index (χ4n) is 1.40. The topological polar surface area (TPSA) is 63.1 Å². The fourth-order valence-corrected chi connectivity index (χ4v) is 1.40. The Morgan fingerprint density at radius 2 is 1.94 bits per heavy atom. The summed E-state index contributed by atoms with van der Waals surface area (Å²) < 4.78 is 0. The fraction of sp³-hybridized carbons (Fsp3) is 0.0833. The molecule has 80 valence electrons. The lowest BCUT2D eigenvalue weighted by molar-refractivity contribution is -0.136. The van der Waals surface area contributed by atoms with Gasteiger partial charge in [0.1, 0.15) is 0 Å². The molecule has 0 aliphatic carbocycles. The number of pyridine rings is 2. The van der Waals surface area contributed by atoms with Gasteiger partial charge in [0.15, 0.2) is 0 Å². The second-order valence-electron chi connectivity index (χ2n) is 3.36. The number of rotatable bonds is 3. The minimum absolute atomic E-state index is 0.00360. The smallest absolute Gasteiger partial charge is 0.307 e. The van der Waals surface area contributed by atoms with Crippen LogP contribution in [0.25, 0.3) is 11.3 Å². The van der Waals surface area contributed by atoms with Crippen LogP contribution in [0, 0.1) is 0 Å². The summed E-state index contributed by atoms with van der Waals surface area (Å²) in [6, 6.07) is 7.31. The van der Waals surface area contributed by atoms with Crippen molar-refractivity contribution in [2.75, 3.05) is 0 Å². The Balaban J connectivity index is 2.23. The number of carboxylic acid groups (broad SMARTS) is 1. The summed E-state index contributed by atoms with van der Waals surface area (Å²) in [5, 5.41) is 8.62. The Morgan fingerprint density at radius 3 is 2.50 bits per heavy atom. The van der Waals surface area contributed by atoms with E-state index < -0.39 is 5.97 Å². The highest BCUT2D eigenvalue weighted by Gasteiger charge is 2.02. The van der Waals surface area contributed by atoms with Crippen molar-refractivity contribution in [3.63, 3.8) is 0 Å². The number of nitrogens with zero attached hydrogens (tertiary/aromatic N) is 2. The lowest BCUT2D eigenvalue weighted by Gasteiger charge is -2.01. The molecule has 0 atom stereocenters. The zero-order valence-corrected chi connectivity index (χ0v) is 8.50. The first-order valence-corrected chi connectivity index (χ1v) is 4.83. The van der Waals surface area contributed by atoms with Crippen molar-refractivity contribution in [3.05, 3.63) is 48.4 Å². The second kappa shape index (κ2) is 4.53. The third-order valence-corrected chi connectivity index (χ3v) is 2.16. The zero-order valence-electron chi connectivity index (χ0n) is 8.50. The van der Waals surface area contributed by atoms with Crippen LogP contribution in [0.2, 0.25) is 0 Å². The van der Waals surface area contributed by atoms with Crippen LogP contribution in [0.5, 0.6) is 0 Å². The quantitative estimate of drug-likeness (QED) is 0.845. The van der Waals surface area contributed by atoms with Gasteiger partial charge in [0.25, 0.3) is 0 Å². The van der Waals surface area contributed by atoms with Crippen LogP contribution in [0.1, 0.15) is 5.56 Å². The number of aromatic nitrogens is 2. The molecule has 0 unspecified atom stereocenters. The molecule has 0 saturated heterocycles. The predicted molar refractivity (Wildman–Crippen MR) is 58.8 cm³/mol. The molecule has 16 heavy (non-hydrogen) atoms. The van der Waals surface area contributed by atoms with Crippen LogP contribution in [0.15, 0.2) is 42.9 Å². The molecule has 0 aromatic carbocycles. The van der Waals surface area contributed by atoms with E-state index in [1.807, 2.05) is 18.2 Å². The third kappa shape index (κ3) is 2.42. The van der Waals surface area contributed by atoms with Gasteiger partial charge in [-0.05, 0) is 23.8 Å². The first kappa shape index (κ1) is 10.3. The Bertz CT molecular complexity index is 480. The van der Waals surface area contributed by atoms with Gasteiger partial charge in [0.05, 0.1) is 12.1 Å². The molecule has 0 amide bonds. The Hall–Kier alpha value is -2.23. The molecule has 0 radical (unpaired) electrons. The van der Waals surface area contributed by atoms with E-state index in [-0.39, 0.29) is 6.42 Å². The Labute approximate surface area is 92.6 Å². The Morgan fingerprint density at radius 1 is 1.19 bits per heavy atom. The first-order chi connectivity index (χ1) is 7.75. The van der Waals surface area contributed by atoms with Crippen molar-refractivity contribution in [2.24, 2.45) is 0 Å². The minimum Gasteiger partial charge on any atom is -0.481 e. The number of carboxylic acids is 1. The SMILES string of the molecule is O=C(O)Cc1ccc(-c2ccncc2)nc1. The number of hydrogen-bond donors (Lipinski definition) is 1. The molecule has 0 aliphatic heterocycles. The van der Waals surface area contributed by atoms with Gasteiger partial charge in [-0.2, -0.15) is 0 Å². The number of hydrogen-bond acceptors (Lipinski definition) is 3. The van der Waals surface area contributed by atoms with Crippen LogP contribution in [0.4, 0.5) is 0 Å². The average molecular weight is 214 g/mol. The molecule has 4 heteroatoms. The molecule has 2 aromatic heterocycles. The van der Waals surface area contributed by atoms with E-state index in [0.29, 0.717) is 5.56 Å². The van der Waals surface area contributed by atoms with Gasteiger partial charge in [-0.1, -0.05) is 6.07 Å². The van der Waals surface area contributed by atoms with Crippen LogP contribution in [-0.2, 0) is 11.2 Å². The number of aliphatic carboxylic acids is 1. The molecule has 0 saturated carbocycles. The van der Waals surface area contributed by atoms with E-state index >= 15 is 0 Å². The van der Waals surface area contributed by atoms with Crippen LogP contribution in [0.3, 0.4) is 0 Å². The molecule has 4 nitrogen and oxygen atoms in total. The molecule has 0 bridgehead atoms. The third-order valence-electron chi connectivity index (χ3n) is 2.16. The molecular formula is C12H10N2O2. The van der Waals surface area contributed by atoms with Crippen LogP contribution in [-0.4, -0.2) is 21.0 Å². The normalized spacial score (nSPS) is 10.0. The maximum absolute atomic E-state index is 10.5. The predicted octanol–water partition coefficient (Wildman–Crippen LogP) is 1.77. The zero-order chi connectivity index (χ0) is 11.4. The highest BCUT2D eigenvalue weighted by molar-refractivity contribution is 5.70. The monoisotopic (exact) mass is 214 g/mol. The van der Waals surface area contributed by atoms with Gasteiger partial charge >= 0.3 is 5.97 Å². The van der Waals surface area contributed by atoms with Crippen molar-refractivity contribution in [1.82, 2.24) is 9.97 Å². The van der Waals surface area contributed by atoms with E-state index in [2.05, 4.69) is 9.97 Å². The second-order valence-corrected chi connectivity index (χ2v) is 3.36. The number of carbonyl (C=O) groups is 1. The van der Waals surface area contributed by atoms with E-state index in [1.54, 1.807) is 24.7 Å². The lowest BCUT2D eigenvalue weighted by atomic mass is 10.1. The summed E-state index contributed by atoms with van der Waals surface area (Å²) in [4.78, 5) is 18.6. The van der Waals surface area contributed by atoms with Crippen molar-refractivity contribution in [2.45, 2.75) is 6.42 Å². The minimum atomic E-state index is -0.849. The highest BCUT2D eigenvalue weighted by atomic mass is 16.4. The van der Waals surface area contributed by atoms with E-state index in [9.17, 15) is 4.79 Å². The summed E-state index contributed by atoms with van der Waals surface area (Å²) >= 11 is 0. The highest BCUT2D eigenvalue weighted by Crippen LogP contribution is 2.15. The summed E-state index contributed by atoms with van der Waals surface area (Å²) in [7, 11) is 0. The van der Waals surface area contributed by atoms with Crippen LogP contribution >= 0.6 is 0 Å². The molecule has 0 spiro atoms. The largest absolute Gasteiger partial charge is 0.481 e. The van der Waals surface area contributed by atoms with Crippen molar-refractivity contribution < 1.29 is 9.90 Å². The first-order valence-electron chi connectivity index (χ1n) is 4.83. The molecule has 1 N–H and O–H groups in total. The summed E-state index contributed by atoms with van der Waals surface area (Å²) in [5.74, 6) is -0.849. The van der Waals surface area contributed by atoms with Crippen LogP contribution < -0.4 is 0 Å². The van der Waals surface area contributed by atoms with Crippen molar-refractivity contribution >= 4 is 5.97 Å². The van der Waals surface area contributed by atoms with Gasteiger partial charge in [-0.15, -0.1) is 0 Å². The maximum Gasteiger partial charge on any atom is 0.307 e. The summed E-state index contributed by atoms with van der Waals surface area (Å²) in [5.41, 5.74) is 2.48. The standard InChI is InChI=1S/C12H10N2O2/c15-12(16)7-9-1-2-11(14-8-9)10-3-5-13-6-4-10/h1-6,8H,7H2,(H,15,16). The van der Waals surface area contributed by atoms with Crippen molar-refractivity contribution in [3.8, 4) is 11.3 Å². The van der Waals surface area contributed by atoms with Gasteiger partial charge < -0.3 is 5.11 Å². The van der Waals surface area contributed by atoms with E-state index in [4.69, 9.17) is 5.11 Å². The maximum atomic E-state index is 10.5. The molecule has 0 fully saturated rings. The molecule has 2 heterocycles. The van der Waals surface area contributed by atoms with Crippen molar-refractivity contribution in [1.29, 1.82) is 0 Å². The molecular weight excluding hydrogens is 204 g/mol.